The maximum Gasteiger partial charge on any atom is 0.472 e. The molecule has 12 heteroatoms. The molecule has 11 nitrogen and oxygen atoms in total. The van der Waals surface area contributed by atoms with Gasteiger partial charge in [-0.25, -0.2) is 4.57 Å². The summed E-state index contributed by atoms with van der Waals surface area (Å²) in [7, 11) is -4.76. The maximum atomic E-state index is 13.0. The Morgan fingerprint density at radius 2 is 0.598 bits per heavy atom. The van der Waals surface area contributed by atoms with E-state index in [0.29, 0.717) is 19.3 Å². The minimum absolute atomic E-state index is 0.149. The number of ether oxygens (including phenoxy) is 3. The zero-order valence-corrected chi connectivity index (χ0v) is 53.8. The molecular weight excluding hydrogens is 1050 g/mol. The van der Waals surface area contributed by atoms with Gasteiger partial charge in [0.15, 0.2) is 6.10 Å². The first-order valence-corrected chi connectivity index (χ1v) is 35.3. The van der Waals surface area contributed by atoms with Gasteiger partial charge in [-0.15, -0.1) is 0 Å². The number of hydrogen-bond donors (Lipinski definition) is 2. The van der Waals surface area contributed by atoms with E-state index < -0.39 is 57.8 Å². The zero-order chi connectivity index (χ0) is 59.8. The second-order valence-corrected chi connectivity index (χ2v) is 24.1. The first-order valence-electron chi connectivity index (χ1n) is 33.8. The van der Waals surface area contributed by atoms with E-state index in [4.69, 9.17) is 23.3 Å². The lowest BCUT2D eigenvalue weighted by atomic mass is 10.0. The van der Waals surface area contributed by atoms with Gasteiger partial charge in [0.25, 0.3) is 0 Å². The van der Waals surface area contributed by atoms with E-state index in [1.807, 2.05) is 0 Å². The lowest BCUT2D eigenvalue weighted by Gasteiger charge is -2.21. The number of unbranched alkanes of at least 4 members (excludes halogenated alkanes) is 34. The Balaban J connectivity index is 4.72. The molecule has 0 heterocycles. The van der Waals surface area contributed by atoms with E-state index in [0.717, 1.165) is 122 Å². The fourth-order valence-electron chi connectivity index (χ4n) is 9.43. The van der Waals surface area contributed by atoms with Gasteiger partial charge in [-0.3, -0.25) is 23.4 Å². The molecule has 2 N–H and O–H groups in total. The molecule has 0 aliphatic rings. The molecule has 0 bridgehead atoms. The molecule has 0 aliphatic heterocycles. The Hall–Kier alpha value is -3.08. The highest BCUT2D eigenvalue weighted by molar-refractivity contribution is 7.47. The quantitative estimate of drug-likeness (QED) is 0.0197. The van der Waals surface area contributed by atoms with Gasteiger partial charge in [0.2, 0.25) is 0 Å². The third kappa shape index (κ3) is 61.5. The number of hydrogen-bond acceptors (Lipinski definition) is 10. The third-order valence-electron chi connectivity index (χ3n) is 14.6. The summed E-state index contributed by atoms with van der Waals surface area (Å²) in [6, 6.07) is 0. The molecule has 0 aromatic heterocycles. The standard InChI is InChI=1S/C70H125O11P/c1-4-7-10-13-16-19-22-25-28-31-33-36-38-41-44-47-50-53-56-59-68(72)77-63-67(81-70(74)61-58-55-52-49-46-43-40-37-34-32-29-26-23-20-17-14-11-8-5-2)65-79-82(75,76)78-64-66(62-71)80-69(73)60-57-54-51-48-45-42-39-35-30-27-24-21-18-15-12-9-6-3/h16-17,19-20,25-26,28-29,33-34,36-37,66-67,71H,4-15,18,21-24,27,30-32,35,38-65H2,1-3H3,(H,75,76)/b19-16-,20-17-,28-25-,29-26-,36-33-,37-34-. The van der Waals surface area contributed by atoms with Crippen molar-refractivity contribution in [3.63, 3.8) is 0 Å². The number of phosphoric acid groups is 1. The monoisotopic (exact) mass is 1170 g/mol. The Morgan fingerprint density at radius 3 is 0.939 bits per heavy atom. The third-order valence-corrected chi connectivity index (χ3v) is 15.6. The van der Waals surface area contributed by atoms with Gasteiger partial charge in [0.1, 0.15) is 12.7 Å². The van der Waals surface area contributed by atoms with Crippen molar-refractivity contribution >= 4 is 25.7 Å². The van der Waals surface area contributed by atoms with E-state index in [9.17, 15) is 28.9 Å². The molecule has 0 aromatic carbocycles. The van der Waals surface area contributed by atoms with Crippen molar-refractivity contribution in [1.29, 1.82) is 0 Å². The van der Waals surface area contributed by atoms with Crippen LogP contribution in [0.2, 0.25) is 0 Å². The second kappa shape index (κ2) is 63.9. The van der Waals surface area contributed by atoms with Gasteiger partial charge in [-0.2, -0.15) is 0 Å². The number of carbonyl (C=O) groups excluding carboxylic acids is 3. The average molecular weight is 1170 g/mol. The smallest absolute Gasteiger partial charge is 0.462 e. The fraction of sp³-hybridized carbons (Fsp3) is 0.786. The van der Waals surface area contributed by atoms with Crippen LogP contribution in [0.25, 0.3) is 0 Å². The van der Waals surface area contributed by atoms with Crippen LogP contribution in [0.15, 0.2) is 72.9 Å². The van der Waals surface area contributed by atoms with Crippen molar-refractivity contribution in [3.8, 4) is 0 Å². The number of rotatable bonds is 63. The highest BCUT2D eigenvalue weighted by Gasteiger charge is 2.28. The van der Waals surface area contributed by atoms with Crippen LogP contribution in [0.3, 0.4) is 0 Å². The average Bonchev–Trinajstić information content (AvgIpc) is 3.47. The van der Waals surface area contributed by atoms with E-state index in [1.54, 1.807) is 0 Å². The van der Waals surface area contributed by atoms with Crippen molar-refractivity contribution < 1.29 is 52.2 Å². The van der Waals surface area contributed by atoms with E-state index in [1.165, 1.54) is 135 Å². The van der Waals surface area contributed by atoms with Crippen molar-refractivity contribution in [2.45, 2.75) is 328 Å². The van der Waals surface area contributed by atoms with Gasteiger partial charge < -0.3 is 24.2 Å². The van der Waals surface area contributed by atoms with Gasteiger partial charge in [-0.1, -0.05) is 273 Å². The topological polar surface area (TPSA) is 155 Å². The van der Waals surface area contributed by atoms with Crippen molar-refractivity contribution in [1.82, 2.24) is 0 Å². The van der Waals surface area contributed by atoms with Crippen LogP contribution in [0.5, 0.6) is 0 Å². The number of esters is 3. The summed E-state index contributed by atoms with van der Waals surface area (Å²) < 4.78 is 39.8. The van der Waals surface area contributed by atoms with Crippen LogP contribution in [-0.2, 0) is 42.2 Å². The van der Waals surface area contributed by atoms with Crippen LogP contribution >= 0.6 is 7.82 Å². The van der Waals surface area contributed by atoms with Crippen LogP contribution in [-0.4, -0.2) is 66.5 Å². The number of allylic oxidation sites excluding steroid dienone is 12. The molecule has 476 valence electrons. The molecule has 0 saturated heterocycles. The molecule has 0 aliphatic carbocycles. The lowest BCUT2D eigenvalue weighted by molar-refractivity contribution is -0.161. The van der Waals surface area contributed by atoms with Crippen molar-refractivity contribution in [2.75, 3.05) is 26.4 Å². The summed E-state index contributed by atoms with van der Waals surface area (Å²) in [5, 5.41) is 9.87. The second-order valence-electron chi connectivity index (χ2n) is 22.6. The molecule has 0 rings (SSSR count). The highest BCUT2D eigenvalue weighted by Crippen LogP contribution is 2.43. The lowest BCUT2D eigenvalue weighted by Crippen LogP contribution is -2.30. The number of carbonyl (C=O) groups is 3. The Morgan fingerprint density at radius 1 is 0.341 bits per heavy atom. The predicted octanol–water partition coefficient (Wildman–Crippen LogP) is 20.8. The van der Waals surface area contributed by atoms with Gasteiger partial charge in [0, 0.05) is 19.3 Å². The van der Waals surface area contributed by atoms with Crippen LogP contribution in [0, 0.1) is 0 Å². The Bertz CT molecular complexity index is 1650. The van der Waals surface area contributed by atoms with E-state index in [-0.39, 0.29) is 25.9 Å². The predicted molar refractivity (Wildman–Crippen MR) is 344 cm³/mol. The molecule has 0 spiro atoms. The summed E-state index contributed by atoms with van der Waals surface area (Å²) in [6.45, 7) is 4.62. The fourth-order valence-corrected chi connectivity index (χ4v) is 10.2. The maximum absolute atomic E-state index is 13.0. The zero-order valence-electron chi connectivity index (χ0n) is 53.0. The Kier molecular flexibility index (Phi) is 61.5. The van der Waals surface area contributed by atoms with Crippen LogP contribution < -0.4 is 0 Å². The molecule has 0 amide bonds. The van der Waals surface area contributed by atoms with E-state index >= 15 is 0 Å². The van der Waals surface area contributed by atoms with Gasteiger partial charge in [-0.05, 0) is 96.3 Å². The summed E-state index contributed by atoms with van der Waals surface area (Å²) >= 11 is 0. The molecule has 0 saturated carbocycles. The summed E-state index contributed by atoms with van der Waals surface area (Å²) in [5.41, 5.74) is 0. The number of aliphatic hydroxyl groups excluding tert-OH is 1. The molecule has 3 unspecified atom stereocenters. The minimum atomic E-state index is -4.76. The van der Waals surface area contributed by atoms with Crippen molar-refractivity contribution in [3.05, 3.63) is 72.9 Å². The molecule has 0 radical (unpaired) electrons. The van der Waals surface area contributed by atoms with Crippen LogP contribution in [0.1, 0.15) is 316 Å². The minimum Gasteiger partial charge on any atom is -0.462 e. The van der Waals surface area contributed by atoms with E-state index in [2.05, 4.69) is 93.7 Å². The summed E-state index contributed by atoms with van der Waals surface area (Å²) in [6.07, 6.45) is 74.1. The van der Waals surface area contributed by atoms with Gasteiger partial charge in [0.05, 0.1) is 19.8 Å². The Labute approximate surface area is 503 Å². The van der Waals surface area contributed by atoms with Gasteiger partial charge >= 0.3 is 25.7 Å². The first-order chi connectivity index (χ1) is 40.2. The molecular formula is C70H125O11P. The number of aliphatic hydroxyl groups is 1. The SMILES string of the molecule is CCCCC/C=C\C/C=C\C/C=C\CCCCCCCCC(=O)OCC(COP(=O)(O)OCC(CO)OC(=O)CCCCCCCCCCCCCCCCCCC)OC(=O)CCCCCCCC/C=C\C/C=C\C/C=C\CCCCC. The largest absolute Gasteiger partial charge is 0.472 e. The molecule has 3 atom stereocenters. The molecule has 0 fully saturated rings. The summed E-state index contributed by atoms with van der Waals surface area (Å²) in [4.78, 5) is 48.8. The number of phosphoric ester groups is 1. The molecule has 82 heavy (non-hydrogen) atoms. The normalized spacial score (nSPS) is 13.7. The van der Waals surface area contributed by atoms with Crippen LogP contribution in [0.4, 0.5) is 0 Å². The highest BCUT2D eigenvalue weighted by atomic mass is 31.2. The summed E-state index contributed by atoms with van der Waals surface area (Å²) in [5.74, 6) is -1.48. The first kappa shape index (κ1) is 78.9. The van der Waals surface area contributed by atoms with Crippen molar-refractivity contribution in [2.24, 2.45) is 0 Å². The molecule has 0 aromatic rings.